The Hall–Kier alpha value is -1.10. The standard InChI is InChI=1S/C12H19N3O/c1-16-9-8-15(7-3-6-13)12-5-2-4-11(12)10-14/h11-12H,2-5,7-9H2,1H3. The summed E-state index contributed by atoms with van der Waals surface area (Å²) in [5.74, 6) is 0.135. The second-order valence-corrected chi connectivity index (χ2v) is 4.17. The third kappa shape index (κ3) is 3.48. The molecule has 1 aliphatic rings. The zero-order chi connectivity index (χ0) is 11.8. The van der Waals surface area contributed by atoms with Gasteiger partial charge in [0.2, 0.25) is 0 Å². The second-order valence-electron chi connectivity index (χ2n) is 4.17. The molecule has 2 atom stereocenters. The van der Waals surface area contributed by atoms with Crippen molar-refractivity contribution in [2.45, 2.75) is 31.7 Å². The highest BCUT2D eigenvalue weighted by Gasteiger charge is 2.31. The van der Waals surface area contributed by atoms with E-state index in [0.29, 0.717) is 19.1 Å². The summed E-state index contributed by atoms with van der Waals surface area (Å²) in [5.41, 5.74) is 0. The number of ether oxygens (including phenoxy) is 1. The molecule has 0 N–H and O–H groups in total. The Kier molecular flexibility index (Phi) is 5.85. The molecule has 0 bridgehead atoms. The van der Waals surface area contributed by atoms with E-state index in [0.717, 1.165) is 32.4 Å². The fourth-order valence-electron chi connectivity index (χ4n) is 2.37. The first-order valence-corrected chi connectivity index (χ1v) is 5.83. The first-order valence-electron chi connectivity index (χ1n) is 5.83. The highest BCUT2D eigenvalue weighted by molar-refractivity contribution is 4.97. The minimum Gasteiger partial charge on any atom is -0.383 e. The number of hydrogen-bond donors (Lipinski definition) is 0. The van der Waals surface area contributed by atoms with E-state index in [1.807, 2.05) is 0 Å². The van der Waals surface area contributed by atoms with Gasteiger partial charge in [0.05, 0.1) is 24.7 Å². The first-order chi connectivity index (χ1) is 7.83. The minimum atomic E-state index is 0.135. The molecule has 0 heterocycles. The van der Waals surface area contributed by atoms with Crippen LogP contribution in [0.2, 0.25) is 0 Å². The number of nitriles is 2. The van der Waals surface area contributed by atoms with Crippen molar-refractivity contribution in [3.8, 4) is 12.1 Å². The Labute approximate surface area is 97.4 Å². The molecule has 0 spiro atoms. The normalized spacial score (nSPS) is 24.2. The molecule has 0 aromatic heterocycles. The van der Waals surface area contributed by atoms with Crippen molar-refractivity contribution in [2.75, 3.05) is 26.8 Å². The topological polar surface area (TPSA) is 60.0 Å². The van der Waals surface area contributed by atoms with Crippen LogP contribution in [0, 0.1) is 28.6 Å². The molecule has 2 unspecified atom stereocenters. The third-order valence-electron chi connectivity index (χ3n) is 3.21. The average Bonchev–Trinajstić information content (AvgIpc) is 2.77. The molecule has 88 valence electrons. The number of nitrogens with zero attached hydrogens (tertiary/aromatic N) is 3. The molecule has 4 nitrogen and oxygen atoms in total. The Morgan fingerprint density at radius 2 is 2.12 bits per heavy atom. The van der Waals surface area contributed by atoms with Crippen LogP contribution in [0.25, 0.3) is 0 Å². The van der Waals surface area contributed by atoms with Crippen LogP contribution in [0.4, 0.5) is 0 Å². The maximum Gasteiger partial charge on any atom is 0.0672 e. The maximum absolute atomic E-state index is 9.06. The minimum absolute atomic E-state index is 0.135. The van der Waals surface area contributed by atoms with E-state index in [1.165, 1.54) is 0 Å². The van der Waals surface area contributed by atoms with Gasteiger partial charge in [0.15, 0.2) is 0 Å². The summed E-state index contributed by atoms with van der Waals surface area (Å²) in [5, 5.41) is 17.7. The van der Waals surface area contributed by atoms with Crippen LogP contribution in [-0.2, 0) is 4.74 Å². The molecule has 1 rings (SSSR count). The molecular formula is C12H19N3O. The Morgan fingerprint density at radius 3 is 2.75 bits per heavy atom. The van der Waals surface area contributed by atoms with Crippen LogP contribution in [0.1, 0.15) is 25.7 Å². The van der Waals surface area contributed by atoms with Crippen molar-refractivity contribution in [3.05, 3.63) is 0 Å². The molecule has 0 aliphatic heterocycles. The van der Waals surface area contributed by atoms with Crippen LogP contribution >= 0.6 is 0 Å². The summed E-state index contributed by atoms with van der Waals surface area (Å²) in [7, 11) is 1.68. The van der Waals surface area contributed by atoms with Crippen molar-refractivity contribution in [3.63, 3.8) is 0 Å². The highest BCUT2D eigenvalue weighted by Crippen LogP contribution is 2.29. The molecular weight excluding hydrogens is 202 g/mol. The van der Waals surface area contributed by atoms with E-state index in [-0.39, 0.29) is 5.92 Å². The van der Waals surface area contributed by atoms with Crippen LogP contribution in [0.5, 0.6) is 0 Å². The van der Waals surface area contributed by atoms with Gasteiger partial charge in [-0.15, -0.1) is 0 Å². The molecule has 0 aromatic rings. The summed E-state index contributed by atoms with van der Waals surface area (Å²) in [6, 6.07) is 4.87. The van der Waals surface area contributed by atoms with Crippen LogP contribution in [-0.4, -0.2) is 37.7 Å². The lowest BCUT2D eigenvalue weighted by Crippen LogP contribution is -2.40. The summed E-state index contributed by atoms with van der Waals surface area (Å²) in [4.78, 5) is 2.24. The Morgan fingerprint density at radius 1 is 1.31 bits per heavy atom. The summed E-state index contributed by atoms with van der Waals surface area (Å²) >= 11 is 0. The second kappa shape index (κ2) is 7.22. The zero-order valence-electron chi connectivity index (χ0n) is 9.85. The highest BCUT2D eigenvalue weighted by atomic mass is 16.5. The number of methoxy groups -OCH3 is 1. The van der Waals surface area contributed by atoms with Crippen LogP contribution in [0.15, 0.2) is 0 Å². The van der Waals surface area contributed by atoms with Crippen molar-refractivity contribution in [1.82, 2.24) is 4.90 Å². The lowest BCUT2D eigenvalue weighted by molar-refractivity contribution is 0.113. The number of hydrogen-bond acceptors (Lipinski definition) is 4. The molecule has 1 saturated carbocycles. The van der Waals surface area contributed by atoms with Gasteiger partial charge in [0.25, 0.3) is 0 Å². The lowest BCUT2D eigenvalue weighted by Gasteiger charge is -2.29. The van der Waals surface area contributed by atoms with Crippen molar-refractivity contribution >= 4 is 0 Å². The van der Waals surface area contributed by atoms with Gasteiger partial charge in [-0.3, -0.25) is 4.90 Å². The van der Waals surface area contributed by atoms with Crippen molar-refractivity contribution in [1.29, 1.82) is 10.5 Å². The summed E-state index contributed by atoms with van der Waals surface area (Å²) < 4.78 is 5.07. The number of rotatable bonds is 6. The first kappa shape index (κ1) is 13.0. The van der Waals surface area contributed by atoms with Gasteiger partial charge in [-0.2, -0.15) is 10.5 Å². The van der Waals surface area contributed by atoms with Gasteiger partial charge in [0.1, 0.15) is 0 Å². The predicted octanol–water partition coefficient (Wildman–Crippen LogP) is 1.54. The van der Waals surface area contributed by atoms with E-state index >= 15 is 0 Å². The van der Waals surface area contributed by atoms with Gasteiger partial charge in [-0.1, -0.05) is 6.42 Å². The van der Waals surface area contributed by atoms with Gasteiger partial charge in [-0.05, 0) is 12.8 Å². The molecule has 4 heteroatoms. The predicted molar refractivity (Wildman–Crippen MR) is 60.4 cm³/mol. The molecule has 0 saturated heterocycles. The van der Waals surface area contributed by atoms with Crippen LogP contribution < -0.4 is 0 Å². The van der Waals surface area contributed by atoms with E-state index in [2.05, 4.69) is 17.0 Å². The molecule has 16 heavy (non-hydrogen) atoms. The molecule has 0 radical (unpaired) electrons. The fourth-order valence-corrected chi connectivity index (χ4v) is 2.37. The van der Waals surface area contributed by atoms with Gasteiger partial charge >= 0.3 is 0 Å². The summed E-state index contributed by atoms with van der Waals surface area (Å²) in [6.45, 7) is 2.24. The molecule has 1 fully saturated rings. The van der Waals surface area contributed by atoms with E-state index in [9.17, 15) is 0 Å². The lowest BCUT2D eigenvalue weighted by atomic mass is 10.0. The van der Waals surface area contributed by atoms with E-state index in [1.54, 1.807) is 7.11 Å². The van der Waals surface area contributed by atoms with Crippen molar-refractivity contribution in [2.24, 2.45) is 5.92 Å². The largest absolute Gasteiger partial charge is 0.383 e. The molecule has 1 aliphatic carbocycles. The van der Waals surface area contributed by atoms with Gasteiger partial charge in [0, 0.05) is 32.7 Å². The fraction of sp³-hybridized carbons (Fsp3) is 0.833. The summed E-state index contributed by atoms with van der Waals surface area (Å²) in [6.07, 6.45) is 3.72. The quantitative estimate of drug-likeness (QED) is 0.682. The van der Waals surface area contributed by atoms with Gasteiger partial charge < -0.3 is 4.74 Å². The smallest absolute Gasteiger partial charge is 0.0672 e. The average molecular weight is 221 g/mol. The molecule has 0 aromatic carbocycles. The Balaban J connectivity index is 2.53. The van der Waals surface area contributed by atoms with Gasteiger partial charge in [-0.25, -0.2) is 0 Å². The van der Waals surface area contributed by atoms with E-state index in [4.69, 9.17) is 15.3 Å². The third-order valence-corrected chi connectivity index (χ3v) is 3.21. The zero-order valence-corrected chi connectivity index (χ0v) is 9.85. The van der Waals surface area contributed by atoms with Crippen molar-refractivity contribution < 1.29 is 4.74 Å². The van der Waals surface area contributed by atoms with E-state index < -0.39 is 0 Å². The monoisotopic (exact) mass is 221 g/mol. The maximum atomic E-state index is 9.06. The SMILES string of the molecule is COCCN(CCC#N)C1CCCC1C#N. The Bertz CT molecular complexity index is 279. The van der Waals surface area contributed by atoms with Crippen LogP contribution in [0.3, 0.4) is 0 Å². The molecule has 0 amide bonds.